The van der Waals surface area contributed by atoms with Gasteiger partial charge < -0.3 is 10.6 Å². The summed E-state index contributed by atoms with van der Waals surface area (Å²) in [6, 6.07) is 4.34. The first-order chi connectivity index (χ1) is 8.27. The van der Waals surface area contributed by atoms with Gasteiger partial charge in [-0.15, -0.1) is 0 Å². The number of hydrogen-bond donors (Lipinski definition) is 2. The van der Waals surface area contributed by atoms with Crippen LogP contribution >= 0.6 is 15.9 Å². The monoisotopic (exact) mass is 297 g/mol. The molecule has 1 saturated carbocycles. The fourth-order valence-corrected chi connectivity index (χ4v) is 1.96. The van der Waals surface area contributed by atoms with E-state index in [0.717, 1.165) is 23.5 Å². The number of rotatable bonds is 6. The highest BCUT2D eigenvalue weighted by Crippen LogP contribution is 2.18. The maximum atomic E-state index is 11.8. The molecule has 0 aromatic carbocycles. The van der Waals surface area contributed by atoms with Crippen LogP contribution in [0.5, 0.6) is 0 Å². The molecular weight excluding hydrogens is 282 g/mol. The van der Waals surface area contributed by atoms with Gasteiger partial charge in [0.15, 0.2) is 0 Å². The van der Waals surface area contributed by atoms with E-state index in [0.29, 0.717) is 12.2 Å². The van der Waals surface area contributed by atoms with Crippen molar-refractivity contribution >= 4 is 21.8 Å². The van der Waals surface area contributed by atoms with Crippen molar-refractivity contribution in [2.45, 2.75) is 25.3 Å². The Morgan fingerprint density at radius 2 is 2.29 bits per heavy atom. The summed E-state index contributed by atoms with van der Waals surface area (Å²) in [7, 11) is 0. The fraction of sp³-hybridized carbons (Fsp3) is 0.500. The lowest BCUT2D eigenvalue weighted by atomic mass is 10.3. The maximum absolute atomic E-state index is 11.8. The van der Waals surface area contributed by atoms with Crippen molar-refractivity contribution in [2.75, 3.05) is 13.1 Å². The second kappa shape index (κ2) is 6.12. The number of amides is 1. The summed E-state index contributed by atoms with van der Waals surface area (Å²) in [6.45, 7) is 1.65. The first-order valence-electron chi connectivity index (χ1n) is 5.89. The zero-order valence-corrected chi connectivity index (χ0v) is 11.2. The van der Waals surface area contributed by atoms with Crippen LogP contribution in [0.4, 0.5) is 0 Å². The molecule has 1 heterocycles. The molecule has 2 N–H and O–H groups in total. The van der Waals surface area contributed by atoms with Crippen LogP contribution in [0.2, 0.25) is 0 Å². The molecule has 1 aromatic heterocycles. The molecule has 92 valence electrons. The Bertz CT molecular complexity index is 393. The third-order valence-electron chi connectivity index (χ3n) is 2.62. The fourth-order valence-electron chi connectivity index (χ4n) is 1.52. The van der Waals surface area contributed by atoms with Gasteiger partial charge >= 0.3 is 0 Å². The lowest BCUT2D eigenvalue weighted by Gasteiger charge is -2.06. The van der Waals surface area contributed by atoms with E-state index in [1.807, 2.05) is 6.07 Å². The third kappa shape index (κ3) is 4.09. The molecule has 2 rings (SSSR count). The lowest BCUT2D eigenvalue weighted by molar-refractivity contribution is 0.0947. The van der Waals surface area contributed by atoms with E-state index >= 15 is 0 Å². The summed E-state index contributed by atoms with van der Waals surface area (Å²) in [4.78, 5) is 15.8. The molecule has 1 aliphatic rings. The molecule has 1 aromatic rings. The molecule has 0 spiro atoms. The topological polar surface area (TPSA) is 54.0 Å². The van der Waals surface area contributed by atoms with Crippen molar-refractivity contribution in [2.24, 2.45) is 0 Å². The highest BCUT2D eigenvalue weighted by Gasteiger charge is 2.19. The van der Waals surface area contributed by atoms with Crippen LogP contribution in [-0.2, 0) is 0 Å². The number of hydrogen-bond acceptors (Lipinski definition) is 3. The van der Waals surface area contributed by atoms with Crippen LogP contribution in [0.1, 0.15) is 29.8 Å². The van der Waals surface area contributed by atoms with Crippen molar-refractivity contribution in [3.63, 3.8) is 0 Å². The SMILES string of the molecule is O=C(NCCCNC1CC1)c1ncccc1Br. The van der Waals surface area contributed by atoms with Gasteiger partial charge in [0.1, 0.15) is 5.69 Å². The summed E-state index contributed by atoms with van der Waals surface area (Å²) in [5, 5.41) is 6.27. The quantitative estimate of drug-likeness (QED) is 0.786. The van der Waals surface area contributed by atoms with E-state index in [9.17, 15) is 4.79 Å². The molecule has 17 heavy (non-hydrogen) atoms. The number of pyridine rings is 1. The Labute approximate surface area is 109 Å². The van der Waals surface area contributed by atoms with E-state index < -0.39 is 0 Å². The number of aromatic nitrogens is 1. The minimum atomic E-state index is -0.121. The molecule has 0 unspecified atom stereocenters. The highest BCUT2D eigenvalue weighted by atomic mass is 79.9. The summed E-state index contributed by atoms with van der Waals surface area (Å²) in [5.41, 5.74) is 0.447. The molecule has 0 bridgehead atoms. The van der Waals surface area contributed by atoms with Crippen molar-refractivity contribution in [3.8, 4) is 0 Å². The van der Waals surface area contributed by atoms with Crippen LogP contribution in [0.3, 0.4) is 0 Å². The molecule has 1 aliphatic carbocycles. The van der Waals surface area contributed by atoms with Crippen molar-refractivity contribution in [1.82, 2.24) is 15.6 Å². The average molecular weight is 298 g/mol. The Morgan fingerprint density at radius 3 is 3.00 bits per heavy atom. The Kier molecular flexibility index (Phi) is 4.50. The molecule has 0 atom stereocenters. The Morgan fingerprint density at radius 1 is 1.47 bits per heavy atom. The van der Waals surface area contributed by atoms with E-state index in [2.05, 4.69) is 31.5 Å². The summed E-state index contributed by atoms with van der Waals surface area (Å²) < 4.78 is 0.730. The zero-order chi connectivity index (χ0) is 12.1. The summed E-state index contributed by atoms with van der Waals surface area (Å²) in [6.07, 6.45) is 5.17. The number of carbonyl (C=O) groups is 1. The van der Waals surface area contributed by atoms with Gasteiger partial charge in [-0.1, -0.05) is 0 Å². The van der Waals surface area contributed by atoms with Crippen LogP contribution in [0.25, 0.3) is 0 Å². The van der Waals surface area contributed by atoms with Crippen LogP contribution in [-0.4, -0.2) is 30.0 Å². The smallest absolute Gasteiger partial charge is 0.271 e. The predicted octanol–water partition coefficient (Wildman–Crippen LogP) is 1.72. The number of carbonyl (C=O) groups excluding carboxylic acids is 1. The predicted molar refractivity (Wildman–Crippen MR) is 69.9 cm³/mol. The second-order valence-corrected chi connectivity index (χ2v) is 5.03. The largest absolute Gasteiger partial charge is 0.351 e. The van der Waals surface area contributed by atoms with Gasteiger partial charge in [0.25, 0.3) is 5.91 Å². The van der Waals surface area contributed by atoms with E-state index in [4.69, 9.17) is 0 Å². The highest BCUT2D eigenvalue weighted by molar-refractivity contribution is 9.10. The van der Waals surface area contributed by atoms with Crippen LogP contribution in [0, 0.1) is 0 Å². The number of halogens is 1. The second-order valence-electron chi connectivity index (χ2n) is 4.17. The lowest BCUT2D eigenvalue weighted by Crippen LogP contribution is -2.28. The molecule has 4 nitrogen and oxygen atoms in total. The van der Waals surface area contributed by atoms with Crippen molar-refractivity contribution in [1.29, 1.82) is 0 Å². The standard InChI is InChI=1S/C12H16BrN3O/c13-10-3-1-6-15-11(10)12(17)16-8-2-7-14-9-4-5-9/h1,3,6,9,14H,2,4-5,7-8H2,(H,16,17). The van der Waals surface area contributed by atoms with Gasteiger partial charge in [-0.25, -0.2) is 4.98 Å². The number of nitrogens with one attached hydrogen (secondary N) is 2. The van der Waals surface area contributed by atoms with Gasteiger partial charge in [0.05, 0.1) is 0 Å². The van der Waals surface area contributed by atoms with Gasteiger partial charge in [-0.2, -0.15) is 0 Å². The molecule has 0 aliphatic heterocycles. The average Bonchev–Trinajstić information content (AvgIpc) is 3.13. The Hall–Kier alpha value is -0.940. The van der Waals surface area contributed by atoms with Gasteiger partial charge in [0, 0.05) is 23.3 Å². The van der Waals surface area contributed by atoms with E-state index in [-0.39, 0.29) is 5.91 Å². The normalized spacial score (nSPS) is 14.6. The molecule has 0 saturated heterocycles. The first-order valence-corrected chi connectivity index (χ1v) is 6.69. The van der Waals surface area contributed by atoms with Gasteiger partial charge in [-0.3, -0.25) is 4.79 Å². The minimum Gasteiger partial charge on any atom is -0.351 e. The molecule has 5 heteroatoms. The van der Waals surface area contributed by atoms with Gasteiger partial charge in [0.2, 0.25) is 0 Å². The third-order valence-corrected chi connectivity index (χ3v) is 3.26. The van der Waals surface area contributed by atoms with E-state index in [1.165, 1.54) is 12.8 Å². The maximum Gasteiger partial charge on any atom is 0.271 e. The zero-order valence-electron chi connectivity index (χ0n) is 9.58. The minimum absolute atomic E-state index is 0.121. The summed E-state index contributed by atoms with van der Waals surface area (Å²) in [5.74, 6) is -0.121. The molecule has 0 radical (unpaired) electrons. The molecule has 1 fully saturated rings. The van der Waals surface area contributed by atoms with E-state index in [1.54, 1.807) is 12.3 Å². The van der Waals surface area contributed by atoms with Crippen molar-refractivity contribution < 1.29 is 4.79 Å². The van der Waals surface area contributed by atoms with Crippen LogP contribution in [0.15, 0.2) is 22.8 Å². The van der Waals surface area contributed by atoms with Gasteiger partial charge in [-0.05, 0) is 53.9 Å². The number of nitrogens with zero attached hydrogens (tertiary/aromatic N) is 1. The molecular formula is C12H16BrN3O. The first kappa shape index (κ1) is 12.5. The summed E-state index contributed by atoms with van der Waals surface area (Å²) >= 11 is 3.31. The molecule has 1 amide bonds. The Balaban J connectivity index is 1.67. The van der Waals surface area contributed by atoms with Crippen LogP contribution < -0.4 is 10.6 Å². The van der Waals surface area contributed by atoms with Crippen molar-refractivity contribution in [3.05, 3.63) is 28.5 Å².